The molecule has 4 heteroatoms. The molecule has 0 atom stereocenters. The first-order valence-corrected chi connectivity index (χ1v) is 3.98. The van der Waals surface area contributed by atoms with Crippen LogP contribution in [0.25, 0.3) is 0 Å². The molecule has 0 saturated heterocycles. The molecule has 0 spiro atoms. The number of rotatable bonds is 3. The van der Waals surface area contributed by atoms with Crippen LogP contribution in [0.3, 0.4) is 0 Å². The molecule has 1 aromatic rings. The van der Waals surface area contributed by atoms with Crippen molar-refractivity contribution in [3.8, 4) is 5.75 Å². The van der Waals surface area contributed by atoms with Gasteiger partial charge in [0.25, 0.3) is 0 Å². The maximum absolute atomic E-state index is 10.6. The molecule has 14 heavy (non-hydrogen) atoms. The van der Waals surface area contributed by atoms with Crippen molar-refractivity contribution in [3.05, 3.63) is 36.9 Å². The van der Waals surface area contributed by atoms with Crippen LogP contribution in [0.15, 0.2) is 24.3 Å². The molecule has 0 aromatic heterocycles. The number of hydrogen-bond donors (Lipinski definition) is 0. The van der Waals surface area contributed by atoms with Crippen LogP contribution in [0.1, 0.15) is 5.56 Å². The molecule has 0 aliphatic rings. The highest BCUT2D eigenvalue weighted by Crippen LogP contribution is 2.11. The molecule has 0 aliphatic carbocycles. The van der Waals surface area contributed by atoms with Crippen LogP contribution in [-0.2, 0) is 16.1 Å². The van der Waals surface area contributed by atoms with Crippen molar-refractivity contribution >= 4 is 6.16 Å². The smallest absolute Gasteiger partial charge is 0.497 e. The fourth-order valence-electron chi connectivity index (χ4n) is 0.906. The van der Waals surface area contributed by atoms with E-state index in [1.165, 1.54) is 0 Å². The first-order valence-electron chi connectivity index (χ1n) is 3.98. The summed E-state index contributed by atoms with van der Waals surface area (Å²) in [7, 11) is 4.52. The lowest BCUT2D eigenvalue weighted by Crippen LogP contribution is -2.02. The number of methoxy groups -OCH3 is 1. The zero-order chi connectivity index (χ0) is 10.4. The van der Waals surface area contributed by atoms with Gasteiger partial charge in [-0.05, 0) is 17.7 Å². The molecule has 1 radical (unpaired) electrons. The Labute approximate surface area is 82.4 Å². The molecule has 0 amide bonds. The topological polar surface area (TPSA) is 44.8 Å². The van der Waals surface area contributed by atoms with Gasteiger partial charge in [-0.3, -0.25) is 0 Å². The van der Waals surface area contributed by atoms with E-state index in [0.717, 1.165) is 11.3 Å². The fraction of sp³-hybridized carbons (Fsp3) is 0.200. The number of ether oxygens (including phenoxy) is 3. The Morgan fingerprint density at radius 3 is 2.50 bits per heavy atom. The summed E-state index contributed by atoms with van der Waals surface area (Å²) in [6.45, 7) is 0.165. The zero-order valence-corrected chi connectivity index (χ0v) is 7.86. The lowest BCUT2D eigenvalue weighted by molar-refractivity contribution is 0.0769. The number of carbonyl (C=O) groups excluding carboxylic acids is 1. The Bertz CT molecular complexity index is 291. The molecule has 0 saturated carbocycles. The van der Waals surface area contributed by atoms with Gasteiger partial charge in [0.1, 0.15) is 19.5 Å². The molecular weight excluding hydrogens is 184 g/mol. The van der Waals surface area contributed by atoms with Crippen LogP contribution in [0.2, 0.25) is 0 Å². The molecule has 0 N–H and O–H groups in total. The van der Waals surface area contributed by atoms with Crippen molar-refractivity contribution in [2.24, 2.45) is 0 Å². The number of benzene rings is 1. The Morgan fingerprint density at radius 2 is 2.00 bits per heavy atom. The van der Waals surface area contributed by atoms with Gasteiger partial charge in [-0.15, -0.1) is 0 Å². The Morgan fingerprint density at radius 1 is 1.36 bits per heavy atom. The van der Waals surface area contributed by atoms with Crippen molar-refractivity contribution in [2.45, 2.75) is 6.61 Å². The predicted molar refractivity (Wildman–Crippen MR) is 49.6 cm³/mol. The first kappa shape index (κ1) is 10.4. The van der Waals surface area contributed by atoms with Gasteiger partial charge >= 0.3 is 6.16 Å². The standard InChI is InChI=1S/C10H11O4/c1-12-9-5-3-8(4-6-9)7-14-10(11)13-2/h3-6H,2,7H2,1H3. The minimum Gasteiger partial charge on any atom is -0.497 e. The van der Waals surface area contributed by atoms with Crippen LogP contribution >= 0.6 is 0 Å². The quantitative estimate of drug-likeness (QED) is 0.693. The van der Waals surface area contributed by atoms with Crippen LogP contribution in [0, 0.1) is 7.11 Å². The molecule has 0 heterocycles. The molecular formula is C10H11O4. The van der Waals surface area contributed by atoms with Gasteiger partial charge in [0, 0.05) is 0 Å². The third-order valence-corrected chi connectivity index (χ3v) is 1.63. The summed E-state index contributed by atoms with van der Waals surface area (Å²) < 4.78 is 13.7. The van der Waals surface area contributed by atoms with E-state index in [4.69, 9.17) is 4.74 Å². The van der Waals surface area contributed by atoms with E-state index in [1.54, 1.807) is 31.4 Å². The summed E-state index contributed by atoms with van der Waals surface area (Å²) in [5.74, 6) is 0.758. The summed E-state index contributed by atoms with van der Waals surface area (Å²) in [5, 5.41) is 0. The van der Waals surface area contributed by atoms with Crippen LogP contribution in [-0.4, -0.2) is 13.3 Å². The van der Waals surface area contributed by atoms with Crippen molar-refractivity contribution in [1.82, 2.24) is 0 Å². The molecule has 75 valence electrons. The average molecular weight is 195 g/mol. The van der Waals surface area contributed by atoms with E-state index < -0.39 is 6.16 Å². The van der Waals surface area contributed by atoms with E-state index in [0.29, 0.717) is 0 Å². The van der Waals surface area contributed by atoms with Gasteiger partial charge in [0.15, 0.2) is 0 Å². The summed E-state index contributed by atoms with van der Waals surface area (Å²) in [5.41, 5.74) is 0.858. The molecule has 1 rings (SSSR count). The van der Waals surface area contributed by atoms with E-state index in [-0.39, 0.29) is 6.61 Å². The predicted octanol–water partition coefficient (Wildman–Crippen LogP) is 2.14. The highest BCUT2D eigenvalue weighted by molar-refractivity contribution is 5.59. The average Bonchev–Trinajstić information content (AvgIpc) is 2.26. The Kier molecular flexibility index (Phi) is 3.79. The Hall–Kier alpha value is -1.71. The maximum Gasteiger partial charge on any atom is 0.508 e. The monoisotopic (exact) mass is 195 g/mol. The van der Waals surface area contributed by atoms with Gasteiger partial charge in [-0.25, -0.2) is 4.79 Å². The van der Waals surface area contributed by atoms with E-state index in [1.807, 2.05) is 0 Å². The summed E-state index contributed by atoms with van der Waals surface area (Å²) in [6, 6.07) is 7.17. The van der Waals surface area contributed by atoms with E-state index in [2.05, 4.69) is 16.6 Å². The van der Waals surface area contributed by atoms with Gasteiger partial charge in [0.2, 0.25) is 0 Å². The highest BCUT2D eigenvalue weighted by Gasteiger charge is 2.01. The third-order valence-electron chi connectivity index (χ3n) is 1.63. The van der Waals surface area contributed by atoms with Crippen LogP contribution < -0.4 is 4.74 Å². The van der Waals surface area contributed by atoms with Crippen molar-refractivity contribution in [2.75, 3.05) is 7.11 Å². The van der Waals surface area contributed by atoms with E-state index >= 15 is 0 Å². The minimum atomic E-state index is -0.791. The molecule has 4 nitrogen and oxygen atoms in total. The molecule has 0 fully saturated rings. The summed E-state index contributed by atoms with van der Waals surface area (Å²) in [6.07, 6.45) is -0.791. The van der Waals surface area contributed by atoms with Gasteiger partial charge in [-0.1, -0.05) is 12.1 Å². The second-order valence-corrected chi connectivity index (χ2v) is 2.53. The molecule has 1 aromatic carbocycles. The van der Waals surface area contributed by atoms with Crippen LogP contribution in [0.5, 0.6) is 5.75 Å². The number of carbonyl (C=O) groups is 1. The minimum absolute atomic E-state index is 0.165. The van der Waals surface area contributed by atoms with E-state index in [9.17, 15) is 4.79 Å². The van der Waals surface area contributed by atoms with Gasteiger partial charge < -0.3 is 14.2 Å². The number of hydrogen-bond acceptors (Lipinski definition) is 4. The third kappa shape index (κ3) is 2.97. The van der Waals surface area contributed by atoms with Crippen molar-refractivity contribution in [1.29, 1.82) is 0 Å². The maximum atomic E-state index is 10.6. The largest absolute Gasteiger partial charge is 0.508 e. The zero-order valence-electron chi connectivity index (χ0n) is 7.86. The Balaban J connectivity index is 2.47. The SMILES string of the molecule is [CH2]OC(=O)OCc1ccc(OC)cc1. The molecule has 0 aliphatic heterocycles. The normalized spacial score (nSPS) is 9.29. The van der Waals surface area contributed by atoms with Crippen molar-refractivity contribution in [3.63, 3.8) is 0 Å². The van der Waals surface area contributed by atoms with Gasteiger partial charge in [-0.2, -0.15) is 0 Å². The lowest BCUT2D eigenvalue weighted by atomic mass is 10.2. The van der Waals surface area contributed by atoms with Crippen molar-refractivity contribution < 1.29 is 19.0 Å². The second kappa shape index (κ2) is 5.11. The molecule has 0 unspecified atom stereocenters. The summed E-state index contributed by atoms with van der Waals surface area (Å²) in [4.78, 5) is 10.6. The first-order chi connectivity index (χ1) is 6.76. The highest BCUT2D eigenvalue weighted by atomic mass is 16.7. The second-order valence-electron chi connectivity index (χ2n) is 2.53. The summed E-state index contributed by atoms with van der Waals surface area (Å²) >= 11 is 0. The fourth-order valence-corrected chi connectivity index (χ4v) is 0.906. The molecule has 0 bridgehead atoms. The lowest BCUT2D eigenvalue weighted by Gasteiger charge is -2.03. The van der Waals surface area contributed by atoms with Crippen LogP contribution in [0.4, 0.5) is 4.79 Å². The van der Waals surface area contributed by atoms with Gasteiger partial charge in [0.05, 0.1) is 7.11 Å².